The lowest BCUT2D eigenvalue weighted by molar-refractivity contribution is -0.149. The molecule has 7 heteroatoms. The van der Waals surface area contributed by atoms with E-state index in [0.717, 1.165) is 17.0 Å². The molecule has 0 heterocycles. The Labute approximate surface area is 125 Å². The van der Waals surface area contributed by atoms with Crippen molar-refractivity contribution >= 4 is 11.9 Å². The van der Waals surface area contributed by atoms with Crippen molar-refractivity contribution in [3.05, 3.63) is 35.4 Å². The molecule has 1 aliphatic rings. The molecule has 0 aromatic heterocycles. The van der Waals surface area contributed by atoms with Gasteiger partial charge in [0.05, 0.1) is 11.0 Å². The lowest BCUT2D eigenvalue weighted by Crippen LogP contribution is -2.45. The van der Waals surface area contributed by atoms with Crippen molar-refractivity contribution in [2.24, 2.45) is 0 Å². The predicted octanol–water partition coefficient (Wildman–Crippen LogP) is 2.67. The van der Waals surface area contributed by atoms with Gasteiger partial charge >= 0.3 is 12.1 Å². The normalized spacial score (nSPS) is 17.7. The van der Waals surface area contributed by atoms with Gasteiger partial charge in [0.1, 0.15) is 6.04 Å². The van der Waals surface area contributed by atoms with Crippen LogP contribution in [0.25, 0.3) is 0 Å². The summed E-state index contributed by atoms with van der Waals surface area (Å²) in [7, 11) is 1.36. The minimum atomic E-state index is -4.48. The van der Waals surface area contributed by atoms with Gasteiger partial charge in [-0.25, -0.2) is 4.79 Å². The summed E-state index contributed by atoms with van der Waals surface area (Å²) in [6.45, 7) is 1.36. The second-order valence-corrected chi connectivity index (χ2v) is 5.59. The summed E-state index contributed by atoms with van der Waals surface area (Å²) in [5.74, 6) is -1.61. The highest BCUT2D eigenvalue weighted by atomic mass is 19.4. The largest absolute Gasteiger partial charge is 0.480 e. The number of aliphatic carboxylic acids is 1. The van der Waals surface area contributed by atoms with E-state index < -0.39 is 35.1 Å². The molecular weight excluding hydrogens is 299 g/mol. The summed E-state index contributed by atoms with van der Waals surface area (Å²) in [5, 5.41) is 8.97. The Bertz CT molecular complexity index is 608. The van der Waals surface area contributed by atoms with E-state index in [4.69, 9.17) is 5.11 Å². The molecule has 1 aliphatic carbocycles. The fraction of sp³-hybridized carbons (Fsp3) is 0.467. The lowest BCUT2D eigenvalue weighted by atomic mass is 9.92. The fourth-order valence-corrected chi connectivity index (χ4v) is 2.42. The summed E-state index contributed by atoms with van der Waals surface area (Å²) in [5.41, 5.74) is -1.55. The smallest absolute Gasteiger partial charge is 0.416 e. The molecule has 1 saturated carbocycles. The van der Waals surface area contributed by atoms with Crippen LogP contribution < -0.4 is 0 Å². The molecule has 0 radical (unpaired) electrons. The van der Waals surface area contributed by atoms with Crippen molar-refractivity contribution in [3.8, 4) is 0 Å². The van der Waals surface area contributed by atoms with E-state index in [1.165, 1.54) is 26.1 Å². The molecule has 1 amide bonds. The molecule has 1 N–H and O–H groups in total. The number of carboxylic acid groups (broad SMARTS) is 1. The summed E-state index contributed by atoms with van der Waals surface area (Å²) < 4.78 is 38.4. The van der Waals surface area contributed by atoms with Gasteiger partial charge in [-0.2, -0.15) is 13.2 Å². The third kappa shape index (κ3) is 2.80. The first-order valence-electron chi connectivity index (χ1n) is 6.77. The highest BCUT2D eigenvalue weighted by Gasteiger charge is 2.53. The monoisotopic (exact) mass is 315 g/mol. The number of likely N-dealkylation sites (N-methyl/N-ethyl adjacent to an activating group) is 1. The molecule has 1 aromatic carbocycles. The second-order valence-electron chi connectivity index (χ2n) is 5.59. The Morgan fingerprint density at radius 1 is 1.32 bits per heavy atom. The topological polar surface area (TPSA) is 57.6 Å². The first-order valence-corrected chi connectivity index (χ1v) is 6.77. The molecule has 0 saturated heterocycles. The number of benzene rings is 1. The van der Waals surface area contributed by atoms with Gasteiger partial charge in [-0.05, 0) is 31.4 Å². The molecule has 22 heavy (non-hydrogen) atoms. The predicted molar refractivity (Wildman–Crippen MR) is 72.2 cm³/mol. The molecule has 2 rings (SSSR count). The van der Waals surface area contributed by atoms with Crippen LogP contribution in [0.3, 0.4) is 0 Å². The van der Waals surface area contributed by atoms with E-state index in [1.54, 1.807) is 0 Å². The minimum absolute atomic E-state index is 0.289. The highest BCUT2D eigenvalue weighted by molar-refractivity contribution is 5.93. The molecule has 1 atom stereocenters. The van der Waals surface area contributed by atoms with Gasteiger partial charge in [-0.1, -0.05) is 18.2 Å². The van der Waals surface area contributed by atoms with Gasteiger partial charge in [-0.15, -0.1) is 0 Å². The maximum absolute atomic E-state index is 12.8. The van der Waals surface area contributed by atoms with Gasteiger partial charge in [0, 0.05) is 7.05 Å². The zero-order valence-electron chi connectivity index (χ0n) is 12.1. The van der Waals surface area contributed by atoms with Crippen LogP contribution in [-0.2, 0) is 21.2 Å². The summed E-state index contributed by atoms with van der Waals surface area (Å²) in [6.07, 6.45) is -3.64. The Balaban J connectivity index is 2.32. The zero-order chi connectivity index (χ0) is 16.7. The number of hydrogen-bond acceptors (Lipinski definition) is 2. The average Bonchev–Trinajstić information content (AvgIpc) is 3.25. The molecule has 0 aliphatic heterocycles. The molecular formula is C15H16F3NO3. The Hall–Kier alpha value is -2.05. The van der Waals surface area contributed by atoms with E-state index in [1.807, 2.05) is 0 Å². The SMILES string of the molecule is CC(C(=O)O)N(C)C(=O)C1(c2cccc(C(F)(F)F)c2)CC1. The van der Waals surface area contributed by atoms with Gasteiger partial charge in [0.15, 0.2) is 0 Å². The number of carbonyl (C=O) groups is 2. The minimum Gasteiger partial charge on any atom is -0.480 e. The molecule has 0 spiro atoms. The van der Waals surface area contributed by atoms with Crippen molar-refractivity contribution in [1.82, 2.24) is 4.90 Å². The van der Waals surface area contributed by atoms with Crippen molar-refractivity contribution in [2.75, 3.05) is 7.05 Å². The number of amides is 1. The van der Waals surface area contributed by atoms with Crippen molar-refractivity contribution in [3.63, 3.8) is 0 Å². The molecule has 0 bridgehead atoms. The molecule has 1 unspecified atom stereocenters. The average molecular weight is 315 g/mol. The van der Waals surface area contributed by atoms with E-state index in [2.05, 4.69) is 0 Å². The number of carboxylic acids is 1. The zero-order valence-corrected chi connectivity index (χ0v) is 12.1. The second kappa shape index (κ2) is 5.30. The van der Waals surface area contributed by atoms with Crippen LogP contribution >= 0.6 is 0 Å². The fourth-order valence-electron chi connectivity index (χ4n) is 2.42. The van der Waals surface area contributed by atoms with E-state index in [-0.39, 0.29) is 5.56 Å². The third-order valence-electron chi connectivity index (χ3n) is 4.16. The van der Waals surface area contributed by atoms with Gasteiger partial charge in [-0.3, -0.25) is 4.79 Å². The van der Waals surface area contributed by atoms with Gasteiger partial charge in [0.25, 0.3) is 0 Å². The third-order valence-corrected chi connectivity index (χ3v) is 4.16. The van der Waals surface area contributed by atoms with Crippen molar-refractivity contribution in [1.29, 1.82) is 0 Å². The molecule has 4 nitrogen and oxygen atoms in total. The Morgan fingerprint density at radius 3 is 2.36 bits per heavy atom. The van der Waals surface area contributed by atoms with Crippen molar-refractivity contribution < 1.29 is 27.9 Å². The highest BCUT2D eigenvalue weighted by Crippen LogP contribution is 2.50. The standard InChI is InChI=1S/C15H16F3NO3/c1-9(12(20)21)19(2)13(22)14(6-7-14)10-4-3-5-11(8-10)15(16,17)18/h3-5,8-9H,6-7H2,1-2H3,(H,20,21). The summed E-state index contributed by atoms with van der Waals surface area (Å²) >= 11 is 0. The van der Waals surface area contributed by atoms with Crippen LogP contribution in [0.2, 0.25) is 0 Å². The summed E-state index contributed by atoms with van der Waals surface area (Å²) in [4.78, 5) is 24.6. The van der Waals surface area contributed by atoms with Crippen molar-refractivity contribution in [2.45, 2.75) is 37.4 Å². The quantitative estimate of drug-likeness (QED) is 0.929. The first-order chi connectivity index (χ1) is 10.1. The maximum Gasteiger partial charge on any atom is 0.416 e. The van der Waals surface area contributed by atoms with Crippen LogP contribution in [0.15, 0.2) is 24.3 Å². The van der Waals surface area contributed by atoms with Crippen LogP contribution in [0.4, 0.5) is 13.2 Å². The Kier molecular flexibility index (Phi) is 3.93. The Morgan fingerprint density at radius 2 is 1.91 bits per heavy atom. The first kappa shape index (κ1) is 16.3. The molecule has 1 fully saturated rings. The van der Waals surface area contributed by atoms with Crippen LogP contribution in [0, 0.1) is 0 Å². The number of carbonyl (C=O) groups excluding carboxylic acids is 1. The van der Waals surface area contributed by atoms with Gasteiger partial charge in [0.2, 0.25) is 5.91 Å². The summed E-state index contributed by atoms with van der Waals surface area (Å²) in [6, 6.07) is 3.65. The van der Waals surface area contributed by atoms with Gasteiger partial charge < -0.3 is 10.0 Å². The van der Waals surface area contributed by atoms with E-state index >= 15 is 0 Å². The van der Waals surface area contributed by atoms with Crippen LogP contribution in [0.1, 0.15) is 30.9 Å². The number of hydrogen-bond donors (Lipinski definition) is 1. The molecule has 120 valence electrons. The van der Waals surface area contributed by atoms with Crippen LogP contribution in [0.5, 0.6) is 0 Å². The maximum atomic E-state index is 12.8. The molecule has 1 aromatic rings. The lowest BCUT2D eigenvalue weighted by Gasteiger charge is -2.27. The van der Waals surface area contributed by atoms with E-state index in [9.17, 15) is 22.8 Å². The number of halogens is 3. The number of rotatable bonds is 4. The van der Waals surface area contributed by atoms with E-state index in [0.29, 0.717) is 12.8 Å². The number of alkyl halides is 3. The van der Waals surface area contributed by atoms with Crippen LogP contribution in [-0.4, -0.2) is 35.0 Å². The number of nitrogens with zero attached hydrogens (tertiary/aromatic N) is 1.